The maximum absolute atomic E-state index is 12.9. The molecule has 0 spiro atoms. The van der Waals surface area contributed by atoms with Crippen LogP contribution >= 0.6 is 0 Å². The van der Waals surface area contributed by atoms with Crippen molar-refractivity contribution in [1.29, 1.82) is 0 Å². The van der Waals surface area contributed by atoms with E-state index in [0.29, 0.717) is 32.4 Å². The Morgan fingerprint density at radius 2 is 1.88 bits per heavy atom. The molecule has 180 valence electrons. The zero-order chi connectivity index (χ0) is 23.8. The number of amides is 4. The average molecular weight is 461 g/mol. The van der Waals surface area contributed by atoms with E-state index >= 15 is 0 Å². The van der Waals surface area contributed by atoms with Gasteiger partial charge < -0.3 is 14.9 Å². The Hall–Kier alpha value is -2.85. The van der Waals surface area contributed by atoms with Crippen LogP contribution in [-0.2, 0) is 21.1 Å². The molecule has 3 aliphatic heterocycles. The number of rotatable bonds is 6. The number of hydrogen-bond acceptors (Lipinski definition) is 5. The smallest absolute Gasteiger partial charge is 0.407 e. The minimum Gasteiger partial charge on any atom is -0.465 e. The summed E-state index contributed by atoms with van der Waals surface area (Å²) in [6.45, 7) is 6.91. The zero-order valence-corrected chi connectivity index (χ0v) is 19.3. The lowest BCUT2D eigenvalue weighted by Crippen LogP contribution is -2.53. The van der Waals surface area contributed by atoms with E-state index in [1.165, 1.54) is 14.9 Å². The van der Waals surface area contributed by atoms with Gasteiger partial charge in [-0.05, 0) is 30.2 Å². The molecule has 1 aromatic rings. The molecule has 3 heterocycles. The van der Waals surface area contributed by atoms with Crippen molar-refractivity contribution < 1.29 is 29.2 Å². The summed E-state index contributed by atoms with van der Waals surface area (Å²) in [4.78, 5) is 51.9. The third-order valence-electron chi connectivity index (χ3n) is 6.63. The number of hydrogen-bond donors (Lipinski definition) is 2. The topological polar surface area (TPSA) is 112 Å². The number of hydroxylamine groups is 3. The van der Waals surface area contributed by atoms with E-state index in [2.05, 4.69) is 5.48 Å². The third kappa shape index (κ3) is 4.77. The van der Waals surface area contributed by atoms with Gasteiger partial charge in [-0.1, -0.05) is 51.1 Å². The normalized spacial score (nSPS) is 27.2. The number of likely N-dealkylation sites (tertiary alicyclic amines) is 1. The molecule has 3 saturated heterocycles. The molecule has 0 aromatic heterocycles. The zero-order valence-electron chi connectivity index (χ0n) is 19.3. The van der Waals surface area contributed by atoms with Gasteiger partial charge in [0, 0.05) is 13.1 Å². The van der Waals surface area contributed by atoms with E-state index in [4.69, 9.17) is 9.68 Å². The molecule has 10 nitrogen and oxygen atoms in total. The number of carboxylic acid groups (broad SMARTS) is 1. The van der Waals surface area contributed by atoms with Crippen LogP contribution in [0.1, 0.15) is 45.6 Å². The predicted octanol–water partition coefficient (Wildman–Crippen LogP) is 2.60. The lowest BCUT2D eigenvalue weighted by atomic mass is 9.84. The first-order valence-corrected chi connectivity index (χ1v) is 11.4. The summed E-state index contributed by atoms with van der Waals surface area (Å²) >= 11 is 0. The third-order valence-corrected chi connectivity index (χ3v) is 6.63. The van der Waals surface area contributed by atoms with E-state index in [1.807, 2.05) is 51.1 Å². The molecule has 0 radical (unpaired) electrons. The molecule has 0 saturated carbocycles. The van der Waals surface area contributed by atoms with Gasteiger partial charge in [0.15, 0.2) is 0 Å². The van der Waals surface area contributed by atoms with E-state index in [-0.39, 0.29) is 30.1 Å². The lowest BCUT2D eigenvalue weighted by molar-refractivity contribution is -0.147. The number of piperidine rings is 1. The summed E-state index contributed by atoms with van der Waals surface area (Å²) in [5.41, 5.74) is 3.13. The number of benzene rings is 1. The molecule has 4 amide bonds. The second-order valence-corrected chi connectivity index (χ2v) is 9.96. The Bertz CT molecular complexity index is 889. The first-order valence-electron chi connectivity index (χ1n) is 11.4. The summed E-state index contributed by atoms with van der Waals surface area (Å²) < 4.78 is 0. The summed E-state index contributed by atoms with van der Waals surface area (Å²) in [6.07, 6.45) is 0.192. The van der Waals surface area contributed by atoms with E-state index in [1.54, 1.807) is 0 Å². The van der Waals surface area contributed by atoms with Crippen LogP contribution in [-0.4, -0.2) is 75.3 Å². The van der Waals surface area contributed by atoms with Crippen molar-refractivity contribution >= 4 is 18.0 Å². The number of urea groups is 1. The molecule has 3 fully saturated rings. The molecule has 4 atom stereocenters. The highest BCUT2D eigenvalue weighted by Crippen LogP contribution is 2.35. The highest BCUT2D eigenvalue weighted by Gasteiger charge is 2.49. The molecule has 4 rings (SSSR count). The monoisotopic (exact) mass is 460 g/mol. The number of nitrogens with zero attached hydrogens (tertiary/aromatic N) is 3. The highest BCUT2D eigenvalue weighted by atomic mass is 16.7. The largest absolute Gasteiger partial charge is 0.465 e. The van der Waals surface area contributed by atoms with Crippen LogP contribution in [0.25, 0.3) is 0 Å². The van der Waals surface area contributed by atoms with Crippen LogP contribution in [0.15, 0.2) is 30.3 Å². The summed E-state index contributed by atoms with van der Waals surface area (Å²) in [6, 6.07) is 8.16. The Morgan fingerprint density at radius 1 is 1.15 bits per heavy atom. The summed E-state index contributed by atoms with van der Waals surface area (Å²) in [5, 5.41) is 10.9. The van der Waals surface area contributed by atoms with Crippen LogP contribution in [0.2, 0.25) is 0 Å². The fraction of sp³-hybridized carbons (Fsp3) is 0.609. The average Bonchev–Trinajstić information content (AvgIpc) is 3.32. The second-order valence-electron chi connectivity index (χ2n) is 9.96. The van der Waals surface area contributed by atoms with Gasteiger partial charge in [-0.3, -0.25) is 14.5 Å². The molecule has 2 N–H and O–H groups in total. The van der Waals surface area contributed by atoms with Gasteiger partial charge in [-0.15, -0.1) is 0 Å². The molecule has 1 unspecified atom stereocenters. The number of carbonyl (C=O) groups excluding carboxylic acids is 2. The van der Waals surface area contributed by atoms with E-state index < -0.39 is 24.1 Å². The van der Waals surface area contributed by atoms with E-state index in [0.717, 1.165) is 5.56 Å². The standard InChI is InChI=1S/C23H32N4O6/c1-23(2,3)19-18(11-12-25(19)22(30)31)33-24-20(28)17-10-9-16-13-26(17)21(29)27(16)32-14-15-7-5-4-6-8-15/h4-8,16-19H,9-14H2,1-3H3,(H,24,28)(H,30,31)/t16-,17+,18+,19?/m1/s1. The molecule has 33 heavy (non-hydrogen) atoms. The molecular weight excluding hydrogens is 428 g/mol. The van der Waals surface area contributed by atoms with Crippen LogP contribution < -0.4 is 5.48 Å². The van der Waals surface area contributed by atoms with Gasteiger partial charge >= 0.3 is 12.1 Å². The molecule has 0 aliphatic carbocycles. The molecule has 2 bridgehead atoms. The van der Waals surface area contributed by atoms with Gasteiger partial charge in [-0.2, -0.15) is 5.06 Å². The van der Waals surface area contributed by atoms with Crippen molar-refractivity contribution in [2.24, 2.45) is 5.41 Å². The molecular formula is C23H32N4O6. The van der Waals surface area contributed by atoms with E-state index in [9.17, 15) is 19.5 Å². The Morgan fingerprint density at radius 3 is 2.55 bits per heavy atom. The first-order chi connectivity index (χ1) is 15.7. The summed E-state index contributed by atoms with van der Waals surface area (Å²) in [7, 11) is 0. The van der Waals surface area contributed by atoms with Gasteiger partial charge in [0.05, 0.1) is 12.1 Å². The number of fused-ring (bicyclic) bond motifs is 2. The minimum atomic E-state index is -0.996. The van der Waals surface area contributed by atoms with Crippen LogP contribution in [0, 0.1) is 5.41 Å². The number of nitrogens with one attached hydrogen (secondary N) is 1. The molecule has 3 aliphatic rings. The highest BCUT2D eigenvalue weighted by molar-refractivity contribution is 5.88. The van der Waals surface area contributed by atoms with Crippen molar-refractivity contribution in [3.05, 3.63) is 35.9 Å². The summed E-state index contributed by atoms with van der Waals surface area (Å²) in [5.74, 6) is -0.395. The van der Waals surface area contributed by atoms with Crippen LogP contribution in [0.4, 0.5) is 9.59 Å². The van der Waals surface area contributed by atoms with Crippen molar-refractivity contribution in [2.45, 2.75) is 70.9 Å². The Balaban J connectivity index is 1.34. The van der Waals surface area contributed by atoms with Crippen LogP contribution in [0.5, 0.6) is 0 Å². The van der Waals surface area contributed by atoms with Crippen LogP contribution in [0.3, 0.4) is 0 Å². The quantitative estimate of drug-likeness (QED) is 0.631. The van der Waals surface area contributed by atoms with Gasteiger partial charge in [-0.25, -0.2) is 15.1 Å². The maximum Gasteiger partial charge on any atom is 0.407 e. The minimum absolute atomic E-state index is 0.0876. The Labute approximate surface area is 193 Å². The van der Waals surface area contributed by atoms with Crippen molar-refractivity contribution in [3.8, 4) is 0 Å². The lowest BCUT2D eigenvalue weighted by Gasteiger charge is -2.36. The maximum atomic E-state index is 12.9. The predicted molar refractivity (Wildman–Crippen MR) is 118 cm³/mol. The van der Waals surface area contributed by atoms with Gasteiger partial charge in [0.25, 0.3) is 5.91 Å². The van der Waals surface area contributed by atoms with Crippen molar-refractivity contribution in [2.75, 3.05) is 13.1 Å². The molecule has 1 aromatic carbocycles. The molecule has 10 heteroatoms. The second kappa shape index (κ2) is 9.18. The van der Waals surface area contributed by atoms with Crippen molar-refractivity contribution in [3.63, 3.8) is 0 Å². The first kappa shape index (κ1) is 23.3. The fourth-order valence-electron chi connectivity index (χ4n) is 5.12. The SMILES string of the molecule is CC(C)(C)C1[C@@H](ONC(=O)[C@@H]2CC[C@@H]3CN2C(=O)N3OCc2ccccc2)CCN1C(=O)O. The Kier molecular flexibility index (Phi) is 6.49. The van der Waals surface area contributed by atoms with Gasteiger partial charge in [0.1, 0.15) is 18.8 Å². The van der Waals surface area contributed by atoms with Gasteiger partial charge in [0.2, 0.25) is 0 Å². The fourth-order valence-corrected chi connectivity index (χ4v) is 5.12. The number of carbonyl (C=O) groups is 3. The van der Waals surface area contributed by atoms with Crippen molar-refractivity contribution in [1.82, 2.24) is 20.3 Å².